The van der Waals surface area contributed by atoms with Crippen LogP contribution in [0.2, 0.25) is 0 Å². The predicted octanol–water partition coefficient (Wildman–Crippen LogP) is 0.935. The summed E-state index contributed by atoms with van der Waals surface area (Å²) in [6.07, 6.45) is 8.40. The SMILES string of the molecule is OC(O)CCCCC1CCC2CCCNC2N1. The number of aliphatic hydroxyl groups excluding tert-OH is 1. The highest BCUT2D eigenvalue weighted by Crippen LogP contribution is 2.27. The van der Waals surface area contributed by atoms with Crippen LogP contribution < -0.4 is 10.6 Å². The van der Waals surface area contributed by atoms with E-state index in [9.17, 15) is 0 Å². The molecule has 4 heteroatoms. The van der Waals surface area contributed by atoms with Crippen molar-refractivity contribution in [3.63, 3.8) is 0 Å². The minimum absolute atomic E-state index is 0.511. The lowest BCUT2D eigenvalue weighted by atomic mass is 9.84. The van der Waals surface area contributed by atoms with Crippen LogP contribution in [0.25, 0.3) is 0 Å². The van der Waals surface area contributed by atoms with Crippen molar-refractivity contribution in [1.29, 1.82) is 0 Å². The van der Waals surface area contributed by atoms with Gasteiger partial charge in [0.15, 0.2) is 6.29 Å². The first-order valence-electron chi connectivity index (χ1n) is 7.11. The van der Waals surface area contributed by atoms with E-state index >= 15 is 0 Å². The second-order valence-electron chi connectivity index (χ2n) is 5.54. The highest BCUT2D eigenvalue weighted by Gasteiger charge is 2.30. The number of hydrogen-bond acceptors (Lipinski definition) is 4. The van der Waals surface area contributed by atoms with Gasteiger partial charge in [-0.1, -0.05) is 6.42 Å². The lowest BCUT2D eigenvalue weighted by molar-refractivity contribution is -0.0467. The smallest absolute Gasteiger partial charge is 0.151 e. The van der Waals surface area contributed by atoms with Gasteiger partial charge in [-0.25, -0.2) is 0 Å². The quantitative estimate of drug-likeness (QED) is 0.428. The van der Waals surface area contributed by atoms with Crippen molar-refractivity contribution in [2.75, 3.05) is 6.54 Å². The number of unbranched alkanes of at least 4 members (excludes halogenated alkanes) is 1. The lowest BCUT2D eigenvalue weighted by Crippen LogP contribution is -2.57. The van der Waals surface area contributed by atoms with Crippen molar-refractivity contribution in [3.05, 3.63) is 0 Å². The first-order valence-corrected chi connectivity index (χ1v) is 7.11. The van der Waals surface area contributed by atoms with E-state index in [2.05, 4.69) is 10.6 Å². The zero-order valence-corrected chi connectivity index (χ0v) is 10.6. The van der Waals surface area contributed by atoms with Gasteiger partial charge in [0.1, 0.15) is 0 Å². The molecule has 2 aliphatic rings. The Morgan fingerprint density at radius 1 is 1.12 bits per heavy atom. The summed E-state index contributed by atoms with van der Waals surface area (Å²) in [6.45, 7) is 1.15. The Morgan fingerprint density at radius 3 is 2.82 bits per heavy atom. The Balaban J connectivity index is 1.62. The van der Waals surface area contributed by atoms with Crippen LogP contribution in [0.3, 0.4) is 0 Å². The van der Waals surface area contributed by atoms with E-state index in [1.165, 1.54) is 25.7 Å². The second kappa shape index (κ2) is 6.69. The average Bonchev–Trinajstić information content (AvgIpc) is 2.34. The Morgan fingerprint density at radius 2 is 2.00 bits per heavy atom. The van der Waals surface area contributed by atoms with Gasteiger partial charge in [-0.15, -0.1) is 0 Å². The molecule has 2 fully saturated rings. The maximum atomic E-state index is 8.77. The molecule has 2 aliphatic heterocycles. The number of fused-ring (bicyclic) bond motifs is 1. The number of aliphatic hydroxyl groups is 2. The van der Waals surface area contributed by atoms with Gasteiger partial charge in [0.2, 0.25) is 0 Å². The summed E-state index contributed by atoms with van der Waals surface area (Å²) in [6, 6.07) is 0.623. The van der Waals surface area contributed by atoms with E-state index in [1.807, 2.05) is 0 Å². The molecular formula is C13H26N2O2. The summed E-state index contributed by atoms with van der Waals surface area (Å²) in [7, 11) is 0. The first-order chi connectivity index (χ1) is 8.25. The van der Waals surface area contributed by atoms with E-state index in [1.54, 1.807) is 0 Å². The van der Waals surface area contributed by atoms with E-state index in [0.717, 1.165) is 31.7 Å². The molecule has 2 rings (SSSR count). The first kappa shape index (κ1) is 13.3. The number of nitrogens with one attached hydrogen (secondary N) is 2. The summed E-state index contributed by atoms with van der Waals surface area (Å²) in [5.74, 6) is 0.833. The molecule has 2 heterocycles. The summed E-state index contributed by atoms with van der Waals surface area (Å²) >= 11 is 0. The second-order valence-corrected chi connectivity index (χ2v) is 5.54. The Kier molecular flexibility index (Phi) is 5.22. The average molecular weight is 242 g/mol. The molecule has 3 unspecified atom stereocenters. The van der Waals surface area contributed by atoms with Gasteiger partial charge in [0.25, 0.3) is 0 Å². The van der Waals surface area contributed by atoms with E-state index in [4.69, 9.17) is 10.2 Å². The normalized spacial score (nSPS) is 33.7. The third kappa shape index (κ3) is 4.21. The highest BCUT2D eigenvalue weighted by atomic mass is 16.5. The van der Waals surface area contributed by atoms with Crippen LogP contribution >= 0.6 is 0 Å². The largest absolute Gasteiger partial charge is 0.368 e. The van der Waals surface area contributed by atoms with E-state index in [0.29, 0.717) is 18.6 Å². The molecule has 0 saturated carbocycles. The van der Waals surface area contributed by atoms with Crippen molar-refractivity contribution in [1.82, 2.24) is 10.6 Å². The van der Waals surface area contributed by atoms with Crippen molar-refractivity contribution in [2.24, 2.45) is 5.92 Å². The standard InChI is InChI=1S/C13H26N2O2/c16-12(17)6-2-1-5-11-8-7-10-4-3-9-14-13(10)15-11/h10-17H,1-9H2. The van der Waals surface area contributed by atoms with Crippen molar-refractivity contribution in [3.8, 4) is 0 Å². The number of hydrogen-bond donors (Lipinski definition) is 4. The highest BCUT2D eigenvalue weighted by molar-refractivity contribution is 4.87. The van der Waals surface area contributed by atoms with Gasteiger partial charge in [-0.3, -0.25) is 5.32 Å². The maximum Gasteiger partial charge on any atom is 0.151 e. The van der Waals surface area contributed by atoms with Crippen LogP contribution in [0.1, 0.15) is 51.4 Å². The molecule has 0 bridgehead atoms. The topological polar surface area (TPSA) is 64.5 Å². The molecule has 4 nitrogen and oxygen atoms in total. The predicted molar refractivity (Wildman–Crippen MR) is 67.4 cm³/mol. The number of piperidine rings is 2. The Bertz CT molecular complexity index is 223. The lowest BCUT2D eigenvalue weighted by Gasteiger charge is -2.41. The van der Waals surface area contributed by atoms with Gasteiger partial charge >= 0.3 is 0 Å². The molecular weight excluding hydrogens is 216 g/mol. The zero-order chi connectivity index (χ0) is 12.1. The Hall–Kier alpha value is -0.160. The maximum absolute atomic E-state index is 8.77. The minimum atomic E-state index is -1.13. The molecule has 0 aromatic rings. The molecule has 2 saturated heterocycles. The molecule has 3 atom stereocenters. The molecule has 0 aromatic carbocycles. The third-order valence-corrected chi connectivity index (χ3v) is 4.15. The fraction of sp³-hybridized carbons (Fsp3) is 1.00. The molecule has 0 spiro atoms. The van der Waals surface area contributed by atoms with Crippen LogP contribution in [-0.4, -0.2) is 35.3 Å². The van der Waals surface area contributed by atoms with Gasteiger partial charge in [-0.05, 0) is 57.4 Å². The number of rotatable bonds is 5. The van der Waals surface area contributed by atoms with Gasteiger partial charge in [0.05, 0.1) is 6.17 Å². The van der Waals surface area contributed by atoms with Gasteiger partial charge < -0.3 is 15.5 Å². The summed E-state index contributed by atoms with van der Waals surface area (Å²) in [5, 5.41) is 24.8. The monoisotopic (exact) mass is 242 g/mol. The molecule has 100 valence electrons. The van der Waals surface area contributed by atoms with Crippen molar-refractivity contribution in [2.45, 2.75) is 69.9 Å². The zero-order valence-electron chi connectivity index (χ0n) is 10.6. The van der Waals surface area contributed by atoms with Crippen LogP contribution in [0, 0.1) is 5.92 Å². The van der Waals surface area contributed by atoms with Crippen molar-refractivity contribution >= 4 is 0 Å². The van der Waals surface area contributed by atoms with Gasteiger partial charge in [-0.2, -0.15) is 0 Å². The third-order valence-electron chi connectivity index (χ3n) is 4.15. The molecule has 0 radical (unpaired) electrons. The van der Waals surface area contributed by atoms with Crippen LogP contribution in [0.5, 0.6) is 0 Å². The molecule has 0 aromatic heterocycles. The minimum Gasteiger partial charge on any atom is -0.368 e. The Labute approximate surface area is 104 Å². The van der Waals surface area contributed by atoms with E-state index in [-0.39, 0.29) is 0 Å². The van der Waals surface area contributed by atoms with Crippen LogP contribution in [0.4, 0.5) is 0 Å². The molecule has 0 aliphatic carbocycles. The molecule has 0 amide bonds. The molecule has 4 N–H and O–H groups in total. The fourth-order valence-electron chi connectivity index (χ4n) is 3.16. The van der Waals surface area contributed by atoms with E-state index < -0.39 is 6.29 Å². The van der Waals surface area contributed by atoms with Crippen LogP contribution in [-0.2, 0) is 0 Å². The van der Waals surface area contributed by atoms with Gasteiger partial charge in [0, 0.05) is 6.04 Å². The summed E-state index contributed by atoms with van der Waals surface area (Å²) < 4.78 is 0. The van der Waals surface area contributed by atoms with Crippen LogP contribution in [0.15, 0.2) is 0 Å². The summed E-state index contributed by atoms with van der Waals surface area (Å²) in [5.41, 5.74) is 0. The van der Waals surface area contributed by atoms with Crippen molar-refractivity contribution < 1.29 is 10.2 Å². The summed E-state index contributed by atoms with van der Waals surface area (Å²) in [4.78, 5) is 0. The fourth-order valence-corrected chi connectivity index (χ4v) is 3.16. The molecule has 17 heavy (non-hydrogen) atoms.